The van der Waals surface area contributed by atoms with E-state index >= 15 is 0 Å². The lowest BCUT2D eigenvalue weighted by atomic mass is 9.91. The lowest BCUT2D eigenvalue weighted by molar-refractivity contribution is -0.154. The Labute approximate surface area is 86.2 Å². The molecule has 1 amide bonds. The van der Waals surface area contributed by atoms with Crippen LogP contribution in [-0.4, -0.2) is 24.2 Å². The predicted octanol–water partition coefficient (Wildman–Crippen LogP) is 1.32. The number of rotatable bonds is 2. The van der Waals surface area contributed by atoms with E-state index in [1.54, 1.807) is 0 Å². The lowest BCUT2D eigenvalue weighted by Gasteiger charge is -2.29. The van der Waals surface area contributed by atoms with Gasteiger partial charge in [-0.25, -0.2) is 0 Å². The predicted molar refractivity (Wildman–Crippen MR) is 49.0 cm³/mol. The Bertz CT molecular complexity index is 230. The zero-order valence-electron chi connectivity index (χ0n) is 8.31. The monoisotopic (exact) mass is 224 g/mol. The molecule has 0 aliphatic heterocycles. The van der Waals surface area contributed by atoms with Gasteiger partial charge in [0.15, 0.2) is 0 Å². The molecule has 0 bridgehead atoms. The molecule has 0 radical (unpaired) electrons. The first-order valence-electron chi connectivity index (χ1n) is 5.00. The Kier molecular flexibility index (Phi) is 3.96. The second-order valence-electron chi connectivity index (χ2n) is 3.91. The summed E-state index contributed by atoms with van der Waals surface area (Å²) in [5.41, 5.74) is 5.70. The summed E-state index contributed by atoms with van der Waals surface area (Å²) in [6, 6.07) is -0.510. The van der Waals surface area contributed by atoms with Gasteiger partial charge in [0.05, 0.1) is 0 Å². The van der Waals surface area contributed by atoms with Crippen LogP contribution in [0.5, 0.6) is 0 Å². The third-order valence-electron chi connectivity index (χ3n) is 2.53. The summed E-state index contributed by atoms with van der Waals surface area (Å²) in [6.45, 7) is 0. The van der Waals surface area contributed by atoms with Crippen LogP contribution in [0.15, 0.2) is 0 Å². The molecule has 1 fully saturated rings. The van der Waals surface area contributed by atoms with E-state index < -0.39 is 18.5 Å². The first kappa shape index (κ1) is 12.3. The second-order valence-corrected chi connectivity index (χ2v) is 3.91. The van der Waals surface area contributed by atoms with E-state index in [-0.39, 0.29) is 12.1 Å². The van der Waals surface area contributed by atoms with E-state index in [2.05, 4.69) is 5.32 Å². The van der Waals surface area contributed by atoms with Crippen molar-refractivity contribution in [3.63, 3.8) is 0 Å². The Morgan fingerprint density at radius 2 is 1.93 bits per heavy atom. The molecule has 0 aromatic rings. The number of carbonyl (C=O) groups is 1. The minimum atomic E-state index is -4.44. The topological polar surface area (TPSA) is 55.1 Å². The molecule has 3 N–H and O–H groups in total. The molecular formula is C9H15F3N2O. The minimum absolute atomic E-state index is 0.212. The van der Waals surface area contributed by atoms with Gasteiger partial charge in [0.25, 0.3) is 0 Å². The summed E-state index contributed by atoms with van der Waals surface area (Å²) in [5, 5.41) is 2.34. The zero-order valence-corrected chi connectivity index (χ0v) is 8.31. The van der Waals surface area contributed by atoms with Gasteiger partial charge in [-0.1, -0.05) is 12.8 Å². The van der Waals surface area contributed by atoms with Gasteiger partial charge in [0.2, 0.25) is 5.91 Å². The summed E-state index contributed by atoms with van der Waals surface area (Å²) in [7, 11) is 0. The van der Waals surface area contributed by atoms with Crippen molar-refractivity contribution in [2.75, 3.05) is 0 Å². The molecule has 0 saturated heterocycles. The molecule has 15 heavy (non-hydrogen) atoms. The Morgan fingerprint density at radius 3 is 2.47 bits per heavy atom. The second kappa shape index (κ2) is 4.83. The Balaban J connectivity index is 2.36. The number of carbonyl (C=O) groups excluding carboxylic acids is 1. The summed E-state index contributed by atoms with van der Waals surface area (Å²) in [4.78, 5) is 11.0. The fourth-order valence-corrected chi connectivity index (χ4v) is 1.78. The molecule has 1 aliphatic rings. The van der Waals surface area contributed by atoms with Crippen LogP contribution in [0.4, 0.5) is 13.2 Å². The number of hydrogen-bond donors (Lipinski definition) is 2. The summed E-state index contributed by atoms with van der Waals surface area (Å²) < 4.78 is 35.6. The maximum absolute atomic E-state index is 11.9. The standard InChI is InChI=1S/C9H15F3N2O/c10-9(11,12)5-8(15)14-7-4-2-1-3-6(7)13/h6-7H,1-5,13H2,(H,14,15). The number of nitrogens with two attached hydrogens (primary N) is 1. The van der Waals surface area contributed by atoms with Gasteiger partial charge >= 0.3 is 6.18 Å². The smallest absolute Gasteiger partial charge is 0.352 e. The Morgan fingerprint density at radius 1 is 1.33 bits per heavy atom. The van der Waals surface area contributed by atoms with Crippen LogP contribution in [0.1, 0.15) is 32.1 Å². The Hall–Kier alpha value is -0.780. The number of hydrogen-bond acceptors (Lipinski definition) is 2. The first-order valence-corrected chi connectivity index (χ1v) is 5.00. The number of halogens is 3. The van der Waals surface area contributed by atoms with Crippen LogP contribution < -0.4 is 11.1 Å². The molecule has 0 aromatic carbocycles. The normalized spacial score (nSPS) is 27.5. The van der Waals surface area contributed by atoms with E-state index in [1.807, 2.05) is 0 Å². The SMILES string of the molecule is NC1CCCCC1NC(=O)CC(F)(F)F. The minimum Gasteiger partial charge on any atom is -0.352 e. The first-order chi connectivity index (χ1) is 6.88. The molecule has 3 nitrogen and oxygen atoms in total. The van der Waals surface area contributed by atoms with E-state index in [0.29, 0.717) is 6.42 Å². The third kappa shape index (κ3) is 4.51. The van der Waals surface area contributed by atoms with Crippen LogP contribution in [-0.2, 0) is 4.79 Å². The molecule has 1 aliphatic carbocycles. The highest BCUT2D eigenvalue weighted by atomic mass is 19.4. The number of nitrogens with one attached hydrogen (secondary N) is 1. The van der Waals surface area contributed by atoms with Gasteiger partial charge in [0.1, 0.15) is 6.42 Å². The van der Waals surface area contributed by atoms with Crippen molar-refractivity contribution in [1.82, 2.24) is 5.32 Å². The zero-order chi connectivity index (χ0) is 11.5. The molecule has 2 unspecified atom stereocenters. The van der Waals surface area contributed by atoms with Crippen LogP contribution in [0, 0.1) is 0 Å². The van der Waals surface area contributed by atoms with Crippen LogP contribution in [0.2, 0.25) is 0 Å². The van der Waals surface area contributed by atoms with E-state index in [1.165, 1.54) is 0 Å². The molecule has 1 rings (SSSR count). The molecule has 0 spiro atoms. The molecule has 0 heterocycles. The fraction of sp³-hybridized carbons (Fsp3) is 0.889. The van der Waals surface area contributed by atoms with E-state index in [0.717, 1.165) is 19.3 Å². The van der Waals surface area contributed by atoms with Crippen molar-refractivity contribution >= 4 is 5.91 Å². The van der Waals surface area contributed by atoms with Crippen molar-refractivity contribution < 1.29 is 18.0 Å². The van der Waals surface area contributed by atoms with Crippen LogP contribution >= 0.6 is 0 Å². The van der Waals surface area contributed by atoms with Crippen LogP contribution in [0.25, 0.3) is 0 Å². The third-order valence-corrected chi connectivity index (χ3v) is 2.53. The van der Waals surface area contributed by atoms with Gasteiger partial charge in [-0.2, -0.15) is 13.2 Å². The molecule has 1 saturated carbocycles. The van der Waals surface area contributed by atoms with Crippen LogP contribution in [0.3, 0.4) is 0 Å². The molecular weight excluding hydrogens is 209 g/mol. The highest BCUT2D eigenvalue weighted by Gasteiger charge is 2.33. The van der Waals surface area contributed by atoms with Gasteiger partial charge in [-0.3, -0.25) is 4.79 Å². The maximum atomic E-state index is 11.9. The molecule has 2 atom stereocenters. The van der Waals surface area contributed by atoms with Gasteiger partial charge in [-0.15, -0.1) is 0 Å². The van der Waals surface area contributed by atoms with Gasteiger partial charge in [0, 0.05) is 12.1 Å². The van der Waals surface area contributed by atoms with Crippen molar-refractivity contribution in [3.8, 4) is 0 Å². The van der Waals surface area contributed by atoms with Crippen molar-refractivity contribution in [3.05, 3.63) is 0 Å². The maximum Gasteiger partial charge on any atom is 0.397 e. The van der Waals surface area contributed by atoms with E-state index in [9.17, 15) is 18.0 Å². The lowest BCUT2D eigenvalue weighted by Crippen LogP contribution is -2.49. The summed E-state index contributed by atoms with van der Waals surface area (Å²) in [5.74, 6) is -0.982. The summed E-state index contributed by atoms with van der Waals surface area (Å²) in [6.07, 6.45) is -2.54. The van der Waals surface area contributed by atoms with Gasteiger partial charge in [-0.05, 0) is 12.8 Å². The highest BCUT2D eigenvalue weighted by molar-refractivity contribution is 5.77. The van der Waals surface area contributed by atoms with Gasteiger partial charge < -0.3 is 11.1 Å². The average Bonchev–Trinajstić information content (AvgIpc) is 2.05. The number of alkyl halides is 3. The van der Waals surface area contributed by atoms with Crippen molar-refractivity contribution in [2.45, 2.75) is 50.4 Å². The summed E-state index contributed by atoms with van der Waals surface area (Å²) >= 11 is 0. The fourth-order valence-electron chi connectivity index (χ4n) is 1.78. The molecule has 88 valence electrons. The molecule has 0 aromatic heterocycles. The van der Waals surface area contributed by atoms with Crippen molar-refractivity contribution in [1.29, 1.82) is 0 Å². The van der Waals surface area contributed by atoms with Crippen molar-refractivity contribution in [2.24, 2.45) is 5.73 Å². The molecule has 6 heteroatoms. The number of amides is 1. The van der Waals surface area contributed by atoms with E-state index in [4.69, 9.17) is 5.73 Å². The average molecular weight is 224 g/mol. The largest absolute Gasteiger partial charge is 0.397 e. The highest BCUT2D eigenvalue weighted by Crippen LogP contribution is 2.21. The quantitative estimate of drug-likeness (QED) is 0.743.